The Bertz CT molecular complexity index is 2290. The Morgan fingerprint density at radius 1 is 0.354 bits per heavy atom. The molecule has 2 heteroatoms. The molecule has 1 heterocycles. The van der Waals surface area contributed by atoms with Crippen LogP contribution < -0.4 is 9.64 Å². The zero-order valence-corrected chi connectivity index (χ0v) is 26.3. The largest absolute Gasteiger partial charge is 0.455 e. The molecule has 0 aromatic heterocycles. The highest BCUT2D eigenvalue weighted by Crippen LogP contribution is 2.54. The predicted molar refractivity (Wildman–Crippen MR) is 200 cm³/mol. The van der Waals surface area contributed by atoms with Gasteiger partial charge in [-0.1, -0.05) is 146 Å². The minimum absolute atomic E-state index is 0.872. The molecule has 0 aliphatic carbocycles. The third kappa shape index (κ3) is 4.83. The third-order valence-corrected chi connectivity index (χ3v) is 9.27. The van der Waals surface area contributed by atoms with E-state index in [0.717, 1.165) is 50.6 Å². The number of hydrogen-bond acceptors (Lipinski definition) is 2. The first-order valence-corrected chi connectivity index (χ1v) is 16.4. The average molecular weight is 614 g/mol. The third-order valence-electron chi connectivity index (χ3n) is 9.27. The van der Waals surface area contributed by atoms with E-state index in [-0.39, 0.29) is 0 Å². The number of benzene rings is 8. The summed E-state index contributed by atoms with van der Waals surface area (Å²) in [6.07, 6.45) is 0. The van der Waals surface area contributed by atoms with Crippen molar-refractivity contribution in [3.05, 3.63) is 188 Å². The number of hydrogen-bond donors (Lipinski definition) is 0. The van der Waals surface area contributed by atoms with Crippen molar-refractivity contribution in [2.24, 2.45) is 0 Å². The summed E-state index contributed by atoms with van der Waals surface area (Å²) in [5.74, 6) is 1.76. The molecule has 0 bridgehead atoms. The van der Waals surface area contributed by atoms with E-state index in [0.29, 0.717) is 0 Å². The molecule has 0 unspecified atom stereocenters. The number of nitrogens with zero attached hydrogens (tertiary/aromatic N) is 1. The highest BCUT2D eigenvalue weighted by Gasteiger charge is 2.28. The lowest BCUT2D eigenvalue weighted by Crippen LogP contribution is -2.12. The Hall–Kier alpha value is -6.38. The van der Waals surface area contributed by atoms with Crippen LogP contribution in [-0.2, 0) is 0 Å². The molecule has 0 N–H and O–H groups in total. The summed E-state index contributed by atoms with van der Waals surface area (Å²) in [4.78, 5) is 2.36. The maximum absolute atomic E-state index is 6.92. The van der Waals surface area contributed by atoms with E-state index in [2.05, 4.69) is 193 Å². The summed E-state index contributed by atoms with van der Waals surface area (Å²) in [5, 5.41) is 2.34. The van der Waals surface area contributed by atoms with Crippen molar-refractivity contribution < 1.29 is 4.74 Å². The molecule has 8 aromatic rings. The Labute approximate surface area is 280 Å². The average Bonchev–Trinajstić information content (AvgIpc) is 3.17. The van der Waals surface area contributed by atoms with Gasteiger partial charge in [0.2, 0.25) is 0 Å². The van der Waals surface area contributed by atoms with Gasteiger partial charge < -0.3 is 9.64 Å². The van der Waals surface area contributed by atoms with Gasteiger partial charge in [0.1, 0.15) is 11.5 Å². The van der Waals surface area contributed by atoms with Crippen LogP contribution in [0.4, 0.5) is 17.1 Å². The first-order valence-electron chi connectivity index (χ1n) is 16.4. The van der Waals surface area contributed by atoms with E-state index < -0.39 is 0 Å². The zero-order chi connectivity index (χ0) is 31.9. The molecule has 0 fully saturated rings. The summed E-state index contributed by atoms with van der Waals surface area (Å²) < 4.78 is 6.92. The van der Waals surface area contributed by atoms with E-state index in [1.807, 2.05) is 0 Å². The molecule has 0 saturated heterocycles. The number of anilines is 3. The lowest BCUT2D eigenvalue weighted by atomic mass is 9.90. The van der Waals surface area contributed by atoms with Gasteiger partial charge >= 0.3 is 0 Å². The lowest BCUT2D eigenvalue weighted by Gasteiger charge is -2.31. The van der Waals surface area contributed by atoms with Gasteiger partial charge in [0.05, 0.1) is 5.69 Å². The van der Waals surface area contributed by atoms with Gasteiger partial charge in [0.15, 0.2) is 0 Å². The van der Waals surface area contributed by atoms with Crippen molar-refractivity contribution in [2.75, 3.05) is 4.90 Å². The molecule has 0 spiro atoms. The van der Waals surface area contributed by atoms with Gasteiger partial charge in [0, 0.05) is 27.9 Å². The van der Waals surface area contributed by atoms with Crippen molar-refractivity contribution in [1.29, 1.82) is 0 Å². The van der Waals surface area contributed by atoms with Gasteiger partial charge in [-0.25, -0.2) is 0 Å². The van der Waals surface area contributed by atoms with Crippen molar-refractivity contribution >= 4 is 27.8 Å². The number of rotatable bonds is 6. The monoisotopic (exact) mass is 613 g/mol. The summed E-state index contributed by atoms with van der Waals surface area (Å²) in [5.41, 5.74) is 12.4. The zero-order valence-electron chi connectivity index (χ0n) is 26.3. The van der Waals surface area contributed by atoms with Crippen LogP contribution in [-0.4, -0.2) is 0 Å². The highest BCUT2D eigenvalue weighted by molar-refractivity contribution is 6.07. The van der Waals surface area contributed by atoms with E-state index in [1.165, 1.54) is 33.2 Å². The molecule has 8 aromatic carbocycles. The predicted octanol–water partition coefficient (Wildman–Crippen LogP) is 13.1. The standard InChI is InChI=1S/C46H31NO/c1-4-12-32(13-5-1)34-22-26-38(27-23-34)47(39-28-24-35(25-29-39)33-14-6-2-7-15-33)42-31-30-41-40-20-10-18-36-19-11-21-43(44(36)40)48-46(41)45(42)37-16-8-3-9-17-37/h1-31H. The first kappa shape index (κ1) is 27.9. The first-order chi connectivity index (χ1) is 23.8. The molecular weight excluding hydrogens is 583 g/mol. The molecule has 226 valence electrons. The van der Waals surface area contributed by atoms with Crippen LogP contribution in [0.2, 0.25) is 0 Å². The van der Waals surface area contributed by atoms with Crippen LogP contribution in [0.15, 0.2) is 188 Å². The normalized spacial score (nSPS) is 11.5. The summed E-state index contributed by atoms with van der Waals surface area (Å²) in [6, 6.07) is 66.7. The number of fused-ring (bicyclic) bond motifs is 2. The van der Waals surface area contributed by atoms with Crippen LogP contribution in [0, 0.1) is 0 Å². The summed E-state index contributed by atoms with van der Waals surface area (Å²) in [6.45, 7) is 0. The second-order valence-electron chi connectivity index (χ2n) is 12.1. The van der Waals surface area contributed by atoms with Crippen LogP contribution in [0.25, 0.3) is 55.3 Å². The summed E-state index contributed by atoms with van der Waals surface area (Å²) in [7, 11) is 0. The second-order valence-corrected chi connectivity index (χ2v) is 12.1. The molecule has 9 rings (SSSR count). The van der Waals surface area contributed by atoms with E-state index in [9.17, 15) is 0 Å². The van der Waals surface area contributed by atoms with Crippen LogP contribution in [0.1, 0.15) is 0 Å². The maximum Gasteiger partial charge on any atom is 0.145 e. The molecule has 1 aliphatic rings. The second kappa shape index (κ2) is 11.8. The molecule has 0 amide bonds. The Kier molecular flexibility index (Phi) is 6.84. The van der Waals surface area contributed by atoms with Crippen molar-refractivity contribution in [3.63, 3.8) is 0 Å². The fourth-order valence-electron chi connectivity index (χ4n) is 6.98. The van der Waals surface area contributed by atoms with E-state index in [1.54, 1.807) is 0 Å². The smallest absolute Gasteiger partial charge is 0.145 e. The van der Waals surface area contributed by atoms with Crippen molar-refractivity contribution in [2.45, 2.75) is 0 Å². The molecular formula is C46H31NO. The van der Waals surface area contributed by atoms with E-state index >= 15 is 0 Å². The van der Waals surface area contributed by atoms with Crippen LogP contribution in [0.3, 0.4) is 0 Å². The molecule has 48 heavy (non-hydrogen) atoms. The van der Waals surface area contributed by atoms with E-state index in [4.69, 9.17) is 4.74 Å². The molecule has 0 radical (unpaired) electrons. The molecule has 0 saturated carbocycles. The van der Waals surface area contributed by atoms with Crippen LogP contribution >= 0.6 is 0 Å². The van der Waals surface area contributed by atoms with Crippen molar-refractivity contribution in [1.82, 2.24) is 0 Å². The van der Waals surface area contributed by atoms with Gasteiger partial charge in [-0.15, -0.1) is 0 Å². The Balaban J connectivity index is 1.27. The summed E-state index contributed by atoms with van der Waals surface area (Å²) >= 11 is 0. The maximum atomic E-state index is 6.92. The molecule has 0 atom stereocenters. The Morgan fingerprint density at radius 2 is 0.854 bits per heavy atom. The highest BCUT2D eigenvalue weighted by atomic mass is 16.5. The van der Waals surface area contributed by atoms with Gasteiger partial charge in [-0.3, -0.25) is 0 Å². The van der Waals surface area contributed by atoms with Crippen molar-refractivity contribution in [3.8, 4) is 56.0 Å². The lowest BCUT2D eigenvalue weighted by molar-refractivity contribution is 0.489. The Morgan fingerprint density at radius 3 is 1.42 bits per heavy atom. The van der Waals surface area contributed by atoms with Crippen LogP contribution in [0.5, 0.6) is 11.5 Å². The number of ether oxygens (including phenoxy) is 1. The minimum Gasteiger partial charge on any atom is -0.455 e. The quantitative estimate of drug-likeness (QED) is 0.185. The topological polar surface area (TPSA) is 12.5 Å². The fourth-order valence-corrected chi connectivity index (χ4v) is 6.98. The minimum atomic E-state index is 0.872. The SMILES string of the molecule is c1ccc(-c2ccc(N(c3ccc(-c4ccccc4)cc3)c3ccc4c(c3-c3ccccc3)Oc3cccc5cccc-4c35)cc2)cc1. The van der Waals surface area contributed by atoms with Gasteiger partial charge in [0.25, 0.3) is 0 Å². The van der Waals surface area contributed by atoms with Gasteiger partial charge in [-0.05, 0) is 81.2 Å². The fraction of sp³-hybridized carbons (Fsp3) is 0. The molecule has 1 aliphatic heterocycles. The molecule has 2 nitrogen and oxygen atoms in total. The van der Waals surface area contributed by atoms with Gasteiger partial charge in [-0.2, -0.15) is 0 Å².